The largest absolute Gasteiger partial charge is 0.423 e. The second-order valence-electron chi connectivity index (χ2n) is 11.1. The predicted molar refractivity (Wildman–Crippen MR) is 146 cm³/mol. The van der Waals surface area contributed by atoms with Crippen molar-refractivity contribution in [1.29, 1.82) is 0 Å². The van der Waals surface area contributed by atoms with Crippen LogP contribution in [0.1, 0.15) is 51.0 Å². The van der Waals surface area contributed by atoms with Crippen LogP contribution < -0.4 is 10.2 Å². The number of rotatable bonds is 7. The molecule has 0 atom stereocenters. The zero-order chi connectivity index (χ0) is 28.4. The van der Waals surface area contributed by atoms with Crippen LogP contribution in [0.15, 0.2) is 42.5 Å². The number of nitro groups is 1. The third-order valence-corrected chi connectivity index (χ3v) is 8.42. The second kappa shape index (κ2) is 11.6. The van der Waals surface area contributed by atoms with Gasteiger partial charge in [-0.15, -0.1) is 0 Å². The van der Waals surface area contributed by atoms with E-state index in [2.05, 4.69) is 10.2 Å². The van der Waals surface area contributed by atoms with Crippen molar-refractivity contribution in [3.05, 3.63) is 63.2 Å². The van der Waals surface area contributed by atoms with Gasteiger partial charge < -0.3 is 15.1 Å². The molecule has 0 radical (unpaired) electrons. The number of hydrogen-bond donors (Lipinski definition) is 1. The minimum Gasteiger partial charge on any atom is -0.382 e. The summed E-state index contributed by atoms with van der Waals surface area (Å²) in [4.78, 5) is 27.5. The van der Waals surface area contributed by atoms with Gasteiger partial charge >= 0.3 is 6.18 Å². The zero-order valence-corrected chi connectivity index (χ0v) is 22.9. The first-order valence-corrected chi connectivity index (χ1v) is 13.6. The highest BCUT2D eigenvalue weighted by Gasteiger charge is 2.40. The first-order valence-electron chi connectivity index (χ1n) is 13.2. The Morgan fingerprint density at radius 1 is 1.13 bits per heavy atom. The predicted octanol–water partition coefficient (Wildman–Crippen LogP) is 7.00. The lowest BCUT2D eigenvalue weighted by Gasteiger charge is -2.42. The van der Waals surface area contributed by atoms with E-state index in [4.69, 9.17) is 11.6 Å². The zero-order valence-electron chi connectivity index (χ0n) is 22.1. The molecule has 2 aromatic rings. The van der Waals surface area contributed by atoms with Crippen LogP contribution in [-0.4, -0.2) is 48.5 Å². The van der Waals surface area contributed by atoms with E-state index >= 15 is 0 Å². The number of hydrogen-bond acceptors (Lipinski definition) is 5. The van der Waals surface area contributed by atoms with E-state index < -0.39 is 27.8 Å². The number of alkyl halides is 3. The molecule has 1 heterocycles. The molecule has 2 aromatic carbocycles. The van der Waals surface area contributed by atoms with E-state index in [1.807, 2.05) is 43.1 Å². The Morgan fingerprint density at radius 2 is 1.74 bits per heavy atom. The molecule has 1 amide bonds. The number of benzene rings is 2. The smallest absolute Gasteiger partial charge is 0.382 e. The Labute approximate surface area is 231 Å². The monoisotopic (exact) mass is 566 g/mol. The molecule has 0 aromatic heterocycles. The van der Waals surface area contributed by atoms with Crippen LogP contribution in [0, 0.1) is 21.4 Å². The third-order valence-electron chi connectivity index (χ3n) is 8.17. The standard InChI is InChI=1S/C28H34ClF3N4O3/c1-27(13-15-35(16-14-27)23-10-5-20(29)6-11-23)26(37)34(2)18-19-3-7-21(8-4-19)33-22-9-12-25(36(38)39)24(17-22)28(30,31)32/h5-6,9-12,17,19,21,33H,3-4,7-8,13-16,18H2,1-2H3/t19-,21-. The number of halogens is 4. The van der Waals surface area contributed by atoms with Crippen LogP contribution in [0.25, 0.3) is 0 Å². The fraction of sp³-hybridized carbons (Fsp3) is 0.536. The Morgan fingerprint density at radius 3 is 2.31 bits per heavy atom. The summed E-state index contributed by atoms with van der Waals surface area (Å²) < 4.78 is 39.9. The van der Waals surface area contributed by atoms with Gasteiger partial charge in [0.1, 0.15) is 5.56 Å². The second-order valence-corrected chi connectivity index (χ2v) is 11.5. The molecule has 0 bridgehead atoms. The Bertz CT molecular complexity index is 1180. The molecule has 1 aliphatic carbocycles. The van der Waals surface area contributed by atoms with Crippen molar-refractivity contribution < 1.29 is 22.9 Å². The van der Waals surface area contributed by atoms with Crippen LogP contribution in [0.3, 0.4) is 0 Å². The van der Waals surface area contributed by atoms with Gasteiger partial charge in [-0.2, -0.15) is 13.2 Å². The fourth-order valence-electron chi connectivity index (χ4n) is 5.79. The Kier molecular flexibility index (Phi) is 8.63. The first-order chi connectivity index (χ1) is 18.4. The SMILES string of the molecule is CN(C[C@H]1CC[C@H](Nc2ccc([N+](=O)[O-])c(C(F)(F)F)c2)CC1)C(=O)C1(C)CCN(c2ccc(Cl)cc2)CC1. The molecule has 2 aliphatic rings. The highest BCUT2D eigenvalue weighted by molar-refractivity contribution is 6.30. The molecule has 2 fully saturated rings. The van der Waals surface area contributed by atoms with Crippen molar-refractivity contribution in [2.75, 3.05) is 36.9 Å². The van der Waals surface area contributed by atoms with Crippen molar-refractivity contribution in [2.45, 2.75) is 57.7 Å². The van der Waals surface area contributed by atoms with Crippen molar-refractivity contribution in [1.82, 2.24) is 4.90 Å². The molecule has 0 spiro atoms. The number of piperidine rings is 1. The summed E-state index contributed by atoms with van der Waals surface area (Å²) in [5.74, 6) is 0.474. The normalized spacial score (nSPS) is 21.3. The van der Waals surface area contributed by atoms with Crippen LogP contribution in [0.2, 0.25) is 5.02 Å². The van der Waals surface area contributed by atoms with E-state index in [0.717, 1.165) is 69.4 Å². The molecule has 212 valence electrons. The lowest BCUT2D eigenvalue weighted by Crippen LogP contribution is -2.49. The number of anilines is 2. The number of nitrogens with one attached hydrogen (secondary N) is 1. The molecule has 1 N–H and O–H groups in total. The maximum Gasteiger partial charge on any atom is 0.423 e. The summed E-state index contributed by atoms with van der Waals surface area (Å²) in [7, 11) is 1.86. The lowest BCUT2D eigenvalue weighted by atomic mass is 9.78. The highest BCUT2D eigenvalue weighted by atomic mass is 35.5. The molecule has 11 heteroatoms. The van der Waals surface area contributed by atoms with Gasteiger partial charge in [0, 0.05) is 60.6 Å². The summed E-state index contributed by atoms with van der Waals surface area (Å²) in [5.41, 5.74) is -1.28. The van der Waals surface area contributed by atoms with E-state index in [1.165, 1.54) is 6.07 Å². The van der Waals surface area contributed by atoms with Gasteiger partial charge in [0.15, 0.2) is 0 Å². The van der Waals surface area contributed by atoms with Crippen LogP contribution in [0.4, 0.5) is 30.2 Å². The maximum atomic E-state index is 13.4. The number of carbonyl (C=O) groups is 1. The summed E-state index contributed by atoms with van der Waals surface area (Å²) in [6.07, 6.45) is -0.0885. The van der Waals surface area contributed by atoms with Crippen LogP contribution >= 0.6 is 11.6 Å². The molecule has 1 saturated carbocycles. The summed E-state index contributed by atoms with van der Waals surface area (Å²) in [5, 5.41) is 14.8. The van der Waals surface area contributed by atoms with E-state index in [1.54, 1.807) is 0 Å². The van der Waals surface area contributed by atoms with Gasteiger partial charge in [-0.3, -0.25) is 14.9 Å². The highest BCUT2D eigenvalue weighted by Crippen LogP contribution is 2.39. The molecule has 39 heavy (non-hydrogen) atoms. The molecule has 1 saturated heterocycles. The summed E-state index contributed by atoms with van der Waals surface area (Å²) >= 11 is 6.00. The molecular formula is C28H34ClF3N4O3. The third kappa shape index (κ3) is 6.96. The van der Waals surface area contributed by atoms with Gasteiger partial charge in [0.2, 0.25) is 5.91 Å². The molecule has 7 nitrogen and oxygen atoms in total. The summed E-state index contributed by atoms with van der Waals surface area (Å²) in [6.45, 7) is 4.30. The maximum absolute atomic E-state index is 13.4. The van der Waals surface area contributed by atoms with E-state index in [0.29, 0.717) is 17.5 Å². The summed E-state index contributed by atoms with van der Waals surface area (Å²) in [6, 6.07) is 10.8. The average molecular weight is 567 g/mol. The van der Waals surface area contributed by atoms with E-state index in [-0.39, 0.29) is 17.6 Å². The van der Waals surface area contributed by atoms with Gasteiger partial charge in [0.25, 0.3) is 5.69 Å². The first kappa shape index (κ1) is 29.0. The Balaban J connectivity index is 1.26. The van der Waals surface area contributed by atoms with Crippen molar-refractivity contribution >= 4 is 34.6 Å². The number of nitro benzene ring substituents is 1. The lowest BCUT2D eigenvalue weighted by molar-refractivity contribution is -0.388. The van der Waals surface area contributed by atoms with Crippen LogP contribution in [0.5, 0.6) is 0 Å². The molecule has 4 rings (SSSR count). The van der Waals surface area contributed by atoms with Gasteiger partial charge in [-0.05, 0) is 80.8 Å². The topological polar surface area (TPSA) is 78.7 Å². The van der Waals surface area contributed by atoms with Gasteiger partial charge in [-0.1, -0.05) is 18.5 Å². The number of carbonyl (C=O) groups excluding carboxylic acids is 1. The Hall–Kier alpha value is -3.01. The average Bonchev–Trinajstić information content (AvgIpc) is 2.89. The van der Waals surface area contributed by atoms with Gasteiger partial charge in [0.05, 0.1) is 4.92 Å². The minimum absolute atomic E-state index is 0.0282. The van der Waals surface area contributed by atoms with Crippen molar-refractivity contribution in [3.8, 4) is 0 Å². The number of amides is 1. The van der Waals surface area contributed by atoms with Gasteiger partial charge in [-0.25, -0.2) is 0 Å². The molecular weight excluding hydrogens is 533 g/mol. The van der Waals surface area contributed by atoms with Crippen molar-refractivity contribution in [3.63, 3.8) is 0 Å². The number of nitrogens with zero attached hydrogens (tertiary/aromatic N) is 3. The quantitative estimate of drug-likeness (QED) is 0.288. The van der Waals surface area contributed by atoms with Crippen LogP contribution in [-0.2, 0) is 11.0 Å². The minimum atomic E-state index is -4.81. The fourth-order valence-corrected chi connectivity index (χ4v) is 5.92. The van der Waals surface area contributed by atoms with E-state index in [9.17, 15) is 28.1 Å². The molecule has 1 aliphatic heterocycles. The molecule has 0 unspecified atom stereocenters. The van der Waals surface area contributed by atoms with Crippen molar-refractivity contribution in [2.24, 2.45) is 11.3 Å².